The molecule has 0 aromatic carbocycles. The van der Waals surface area contributed by atoms with Crippen molar-refractivity contribution in [2.45, 2.75) is 19.9 Å². The number of hydrogen-bond donors (Lipinski definition) is 0. The molecule has 4 rings (SSSR count). The molecule has 0 saturated heterocycles. The number of fused-ring (bicyclic) bond motifs is 1. The monoisotopic (exact) mass is 360 g/mol. The van der Waals surface area contributed by atoms with Crippen LogP contribution in [0.1, 0.15) is 17.8 Å². The number of nitrogens with zero attached hydrogens (tertiary/aromatic N) is 6. The van der Waals surface area contributed by atoms with Crippen LogP contribution < -0.4 is 0 Å². The largest absolute Gasteiger partial charge is 0.330 e. The first-order valence-electron chi connectivity index (χ1n) is 8.64. The fourth-order valence-corrected chi connectivity index (χ4v) is 3.15. The quantitative estimate of drug-likeness (QED) is 0.543. The van der Waals surface area contributed by atoms with Gasteiger partial charge in [0.05, 0.1) is 30.6 Å². The first-order valence-corrected chi connectivity index (χ1v) is 8.64. The van der Waals surface area contributed by atoms with Gasteiger partial charge in [0.15, 0.2) is 0 Å². The standard InChI is InChI=1S/C20H17FN6/c1-14-4-2-5-17(25-14)19-20(26(13-24-19)9-3-8-21)15-6-7-18-23-11-16(10-22)27(18)12-15/h2,4-7,11-13H,3,8-9H2,1H3. The van der Waals surface area contributed by atoms with Gasteiger partial charge in [0.2, 0.25) is 0 Å². The van der Waals surface area contributed by atoms with Crippen molar-refractivity contribution < 1.29 is 4.39 Å². The van der Waals surface area contributed by atoms with Crippen LogP contribution in [-0.2, 0) is 6.54 Å². The molecule has 0 fully saturated rings. The normalized spacial score (nSPS) is 11.0. The molecule has 0 amide bonds. The third kappa shape index (κ3) is 3.06. The summed E-state index contributed by atoms with van der Waals surface area (Å²) in [4.78, 5) is 13.4. The molecule has 0 saturated carbocycles. The SMILES string of the molecule is Cc1cccc(-c2ncn(CCCF)c2-c2ccc3ncc(C#N)n3c2)n1. The van der Waals surface area contributed by atoms with E-state index in [1.165, 1.54) is 0 Å². The summed E-state index contributed by atoms with van der Waals surface area (Å²) >= 11 is 0. The van der Waals surface area contributed by atoms with E-state index in [0.29, 0.717) is 24.3 Å². The predicted octanol–water partition coefficient (Wildman–Crippen LogP) is 3.80. The molecule has 6 nitrogen and oxygen atoms in total. The van der Waals surface area contributed by atoms with Crippen molar-refractivity contribution in [3.05, 3.63) is 60.4 Å². The minimum atomic E-state index is -0.394. The molecule has 4 aromatic heterocycles. The number of aryl methyl sites for hydroxylation is 2. The average molecular weight is 360 g/mol. The molecular formula is C20H17FN6. The molecule has 0 N–H and O–H groups in total. The van der Waals surface area contributed by atoms with Crippen LogP contribution in [0.5, 0.6) is 0 Å². The molecule has 0 spiro atoms. The van der Waals surface area contributed by atoms with Crippen molar-refractivity contribution in [1.29, 1.82) is 5.26 Å². The number of halogens is 1. The van der Waals surface area contributed by atoms with Gasteiger partial charge in [-0.05, 0) is 37.6 Å². The highest BCUT2D eigenvalue weighted by Gasteiger charge is 2.17. The summed E-state index contributed by atoms with van der Waals surface area (Å²) in [5, 5.41) is 9.30. The molecule has 0 radical (unpaired) electrons. The molecule has 0 bridgehead atoms. The maximum Gasteiger partial charge on any atom is 0.144 e. The van der Waals surface area contributed by atoms with Crippen molar-refractivity contribution in [3.8, 4) is 28.7 Å². The Morgan fingerprint density at radius 3 is 2.85 bits per heavy atom. The topological polar surface area (TPSA) is 71.8 Å². The van der Waals surface area contributed by atoms with Crippen molar-refractivity contribution in [1.82, 2.24) is 23.9 Å². The molecule has 0 aliphatic rings. The van der Waals surface area contributed by atoms with Crippen LogP contribution in [0.15, 0.2) is 49.1 Å². The molecule has 7 heteroatoms. The maximum atomic E-state index is 12.8. The number of hydrogen-bond acceptors (Lipinski definition) is 4. The number of alkyl halides is 1. The second-order valence-electron chi connectivity index (χ2n) is 6.24. The summed E-state index contributed by atoms with van der Waals surface area (Å²) in [7, 11) is 0. The Hall–Kier alpha value is -3.53. The summed E-state index contributed by atoms with van der Waals surface area (Å²) in [5.74, 6) is 0. The molecule has 4 aromatic rings. The van der Waals surface area contributed by atoms with Gasteiger partial charge >= 0.3 is 0 Å². The van der Waals surface area contributed by atoms with Gasteiger partial charge in [-0.3, -0.25) is 13.8 Å². The first-order chi connectivity index (χ1) is 13.2. The fraction of sp³-hybridized carbons (Fsp3) is 0.200. The molecule has 0 atom stereocenters. The van der Waals surface area contributed by atoms with E-state index < -0.39 is 6.67 Å². The Labute approximate surface area is 155 Å². The highest BCUT2D eigenvalue weighted by atomic mass is 19.1. The number of rotatable bonds is 5. The Morgan fingerprint density at radius 1 is 1.19 bits per heavy atom. The number of nitriles is 1. The average Bonchev–Trinajstić information content (AvgIpc) is 3.29. The zero-order valence-corrected chi connectivity index (χ0v) is 14.8. The minimum Gasteiger partial charge on any atom is -0.330 e. The van der Waals surface area contributed by atoms with Gasteiger partial charge in [-0.15, -0.1) is 0 Å². The lowest BCUT2D eigenvalue weighted by Crippen LogP contribution is -2.02. The van der Waals surface area contributed by atoms with E-state index in [4.69, 9.17) is 0 Å². The Kier molecular flexibility index (Phi) is 4.38. The van der Waals surface area contributed by atoms with Gasteiger partial charge in [0.25, 0.3) is 0 Å². The third-order valence-corrected chi connectivity index (χ3v) is 4.39. The van der Waals surface area contributed by atoms with Crippen LogP contribution in [0.2, 0.25) is 0 Å². The summed E-state index contributed by atoms with van der Waals surface area (Å²) in [6, 6.07) is 11.7. The van der Waals surface area contributed by atoms with Crippen LogP contribution in [0.4, 0.5) is 4.39 Å². The summed E-state index contributed by atoms with van der Waals surface area (Å²) in [6.45, 7) is 2.05. The molecular weight excluding hydrogens is 343 g/mol. The smallest absolute Gasteiger partial charge is 0.144 e. The van der Waals surface area contributed by atoms with E-state index in [2.05, 4.69) is 21.0 Å². The second kappa shape index (κ2) is 7.00. The number of pyridine rings is 2. The summed E-state index contributed by atoms with van der Waals surface area (Å²) < 4.78 is 16.4. The van der Waals surface area contributed by atoms with Gasteiger partial charge in [-0.2, -0.15) is 5.26 Å². The van der Waals surface area contributed by atoms with E-state index in [1.54, 1.807) is 16.9 Å². The zero-order chi connectivity index (χ0) is 18.8. The van der Waals surface area contributed by atoms with Crippen molar-refractivity contribution in [2.75, 3.05) is 6.67 Å². The van der Waals surface area contributed by atoms with Gasteiger partial charge in [0, 0.05) is 24.0 Å². The van der Waals surface area contributed by atoms with Crippen molar-refractivity contribution in [2.24, 2.45) is 0 Å². The molecule has 0 aliphatic heterocycles. The number of aromatic nitrogens is 5. The van der Waals surface area contributed by atoms with Crippen LogP contribution in [0, 0.1) is 18.3 Å². The van der Waals surface area contributed by atoms with E-state index >= 15 is 0 Å². The molecule has 4 heterocycles. The maximum absolute atomic E-state index is 12.8. The van der Waals surface area contributed by atoms with E-state index in [9.17, 15) is 9.65 Å². The van der Waals surface area contributed by atoms with Gasteiger partial charge in [0.1, 0.15) is 23.1 Å². The van der Waals surface area contributed by atoms with Gasteiger partial charge in [-0.25, -0.2) is 9.97 Å². The first kappa shape index (κ1) is 16.9. The van der Waals surface area contributed by atoms with Crippen LogP contribution in [0.25, 0.3) is 28.3 Å². The fourth-order valence-electron chi connectivity index (χ4n) is 3.15. The second-order valence-corrected chi connectivity index (χ2v) is 6.24. The summed E-state index contributed by atoms with van der Waals surface area (Å²) in [5.41, 5.74) is 5.25. The molecule has 0 unspecified atom stereocenters. The highest BCUT2D eigenvalue weighted by molar-refractivity contribution is 5.77. The highest BCUT2D eigenvalue weighted by Crippen LogP contribution is 2.31. The molecule has 0 aliphatic carbocycles. The minimum absolute atomic E-state index is 0.394. The van der Waals surface area contributed by atoms with Crippen LogP contribution in [0.3, 0.4) is 0 Å². The number of imidazole rings is 2. The van der Waals surface area contributed by atoms with Gasteiger partial charge in [-0.1, -0.05) is 6.07 Å². The molecule has 134 valence electrons. The Balaban J connectivity index is 1.92. The van der Waals surface area contributed by atoms with Crippen LogP contribution >= 0.6 is 0 Å². The van der Waals surface area contributed by atoms with Crippen molar-refractivity contribution in [3.63, 3.8) is 0 Å². The Morgan fingerprint density at radius 2 is 2.07 bits per heavy atom. The van der Waals surface area contributed by atoms with Gasteiger partial charge < -0.3 is 4.57 Å². The predicted molar refractivity (Wildman–Crippen MR) is 99.7 cm³/mol. The van der Waals surface area contributed by atoms with Crippen LogP contribution in [-0.4, -0.2) is 30.6 Å². The lowest BCUT2D eigenvalue weighted by molar-refractivity contribution is 0.447. The van der Waals surface area contributed by atoms with E-state index in [-0.39, 0.29) is 0 Å². The van der Waals surface area contributed by atoms with Crippen molar-refractivity contribution >= 4 is 5.65 Å². The summed E-state index contributed by atoms with van der Waals surface area (Å²) in [6.07, 6.45) is 5.53. The zero-order valence-electron chi connectivity index (χ0n) is 14.8. The lowest BCUT2D eigenvalue weighted by Gasteiger charge is -2.11. The molecule has 27 heavy (non-hydrogen) atoms. The lowest BCUT2D eigenvalue weighted by atomic mass is 10.1. The van der Waals surface area contributed by atoms with E-state index in [0.717, 1.165) is 28.3 Å². The Bertz CT molecular complexity index is 1150. The third-order valence-electron chi connectivity index (χ3n) is 4.39. The van der Waals surface area contributed by atoms with E-state index in [1.807, 2.05) is 48.0 Å².